The van der Waals surface area contributed by atoms with Crippen LogP contribution in [0.1, 0.15) is 33.3 Å². The number of benzene rings is 2. The van der Waals surface area contributed by atoms with Gasteiger partial charge in [0.05, 0.1) is 10.4 Å². The number of hydrogen-bond donors (Lipinski definition) is 2. The number of nitrogens with zero attached hydrogens (tertiary/aromatic N) is 1. The first kappa shape index (κ1) is 21.8. The van der Waals surface area contributed by atoms with Crippen molar-refractivity contribution in [3.05, 3.63) is 59.9 Å². The first-order chi connectivity index (χ1) is 12.9. The van der Waals surface area contributed by atoms with Crippen molar-refractivity contribution >= 4 is 21.7 Å². The number of nitrogens with one attached hydrogen (secondary N) is 2. The standard InChI is InChI=1S/C20H26FN3O3S/c1-14(2)24(5)28(26,27)18-12-10-17(11-13-18)22-19(25)23-20(3,4)15-6-8-16(21)9-7-15/h6-14H,1-5H3,(H2,22,23,25). The molecule has 0 radical (unpaired) electrons. The average molecular weight is 408 g/mol. The van der Waals surface area contributed by atoms with Gasteiger partial charge in [-0.1, -0.05) is 12.1 Å². The van der Waals surface area contributed by atoms with Crippen LogP contribution < -0.4 is 10.6 Å². The zero-order valence-corrected chi connectivity index (χ0v) is 17.5. The van der Waals surface area contributed by atoms with Gasteiger partial charge in [-0.05, 0) is 69.7 Å². The van der Waals surface area contributed by atoms with Crippen molar-refractivity contribution < 1.29 is 17.6 Å². The van der Waals surface area contributed by atoms with Crippen LogP contribution in [-0.4, -0.2) is 31.8 Å². The van der Waals surface area contributed by atoms with Crippen molar-refractivity contribution in [1.82, 2.24) is 9.62 Å². The van der Waals surface area contributed by atoms with Crippen molar-refractivity contribution in [2.75, 3.05) is 12.4 Å². The smallest absolute Gasteiger partial charge is 0.319 e. The molecule has 8 heteroatoms. The molecule has 152 valence electrons. The van der Waals surface area contributed by atoms with Gasteiger partial charge in [0.1, 0.15) is 5.82 Å². The zero-order valence-electron chi connectivity index (χ0n) is 16.7. The Bertz CT molecular complexity index is 924. The van der Waals surface area contributed by atoms with E-state index in [1.54, 1.807) is 39.8 Å². The molecule has 2 amide bonds. The Morgan fingerprint density at radius 3 is 2.07 bits per heavy atom. The molecule has 0 saturated carbocycles. The number of halogens is 1. The van der Waals surface area contributed by atoms with Crippen LogP contribution >= 0.6 is 0 Å². The zero-order chi connectivity index (χ0) is 21.1. The summed E-state index contributed by atoms with van der Waals surface area (Å²) in [5, 5.41) is 5.50. The van der Waals surface area contributed by atoms with Crippen LogP contribution in [-0.2, 0) is 15.6 Å². The molecule has 2 rings (SSSR count). The maximum absolute atomic E-state index is 13.1. The Balaban J connectivity index is 2.07. The first-order valence-electron chi connectivity index (χ1n) is 8.87. The van der Waals surface area contributed by atoms with Crippen LogP contribution in [0.5, 0.6) is 0 Å². The lowest BCUT2D eigenvalue weighted by Gasteiger charge is -2.27. The van der Waals surface area contributed by atoms with Gasteiger partial charge in [0.15, 0.2) is 0 Å². The molecule has 0 fully saturated rings. The fraction of sp³-hybridized carbons (Fsp3) is 0.350. The van der Waals surface area contributed by atoms with Gasteiger partial charge < -0.3 is 10.6 Å². The van der Waals surface area contributed by atoms with Gasteiger partial charge in [-0.15, -0.1) is 0 Å². The van der Waals surface area contributed by atoms with Gasteiger partial charge in [-0.2, -0.15) is 4.31 Å². The molecular formula is C20H26FN3O3S. The van der Waals surface area contributed by atoms with Crippen molar-refractivity contribution in [1.29, 1.82) is 0 Å². The molecule has 2 aromatic rings. The largest absolute Gasteiger partial charge is 0.329 e. The Hall–Kier alpha value is -2.45. The van der Waals surface area contributed by atoms with Gasteiger partial charge in [0.25, 0.3) is 0 Å². The van der Waals surface area contributed by atoms with E-state index in [0.717, 1.165) is 5.56 Å². The van der Waals surface area contributed by atoms with E-state index in [4.69, 9.17) is 0 Å². The number of amides is 2. The summed E-state index contributed by atoms with van der Waals surface area (Å²) in [6.45, 7) is 7.19. The molecule has 0 aromatic heterocycles. The molecule has 2 aromatic carbocycles. The second-order valence-electron chi connectivity index (χ2n) is 7.35. The number of urea groups is 1. The molecule has 0 spiro atoms. The minimum absolute atomic E-state index is 0.154. The summed E-state index contributed by atoms with van der Waals surface area (Å²) in [5.41, 5.74) is 0.488. The third-order valence-electron chi connectivity index (χ3n) is 4.51. The van der Waals surface area contributed by atoms with Gasteiger partial charge in [0.2, 0.25) is 10.0 Å². The molecule has 0 aliphatic heterocycles. The highest BCUT2D eigenvalue weighted by Gasteiger charge is 2.24. The van der Waals surface area contributed by atoms with E-state index in [1.807, 2.05) is 0 Å². The number of carbonyl (C=O) groups is 1. The topological polar surface area (TPSA) is 78.5 Å². The lowest BCUT2D eigenvalue weighted by molar-refractivity contribution is 0.242. The van der Waals surface area contributed by atoms with E-state index in [2.05, 4.69) is 10.6 Å². The summed E-state index contributed by atoms with van der Waals surface area (Å²) in [6, 6.07) is 11.3. The van der Waals surface area contributed by atoms with E-state index in [1.165, 1.54) is 47.8 Å². The SMILES string of the molecule is CC(C)N(C)S(=O)(=O)c1ccc(NC(=O)NC(C)(C)c2ccc(F)cc2)cc1. The van der Waals surface area contributed by atoms with Gasteiger partial charge in [-0.25, -0.2) is 17.6 Å². The van der Waals surface area contributed by atoms with E-state index < -0.39 is 21.6 Å². The molecule has 0 aliphatic rings. The highest BCUT2D eigenvalue weighted by molar-refractivity contribution is 7.89. The third kappa shape index (κ3) is 5.08. The van der Waals surface area contributed by atoms with Crippen LogP contribution in [0.4, 0.5) is 14.9 Å². The number of anilines is 1. The quantitative estimate of drug-likeness (QED) is 0.762. The number of carbonyl (C=O) groups excluding carboxylic acids is 1. The second kappa shape index (κ2) is 8.28. The molecule has 0 atom stereocenters. The lowest BCUT2D eigenvalue weighted by Crippen LogP contribution is -2.43. The van der Waals surface area contributed by atoms with Crippen LogP contribution in [0.3, 0.4) is 0 Å². The fourth-order valence-electron chi connectivity index (χ4n) is 2.54. The maximum atomic E-state index is 13.1. The van der Waals surface area contributed by atoms with Crippen LogP contribution in [0.15, 0.2) is 53.4 Å². The minimum atomic E-state index is -3.58. The highest BCUT2D eigenvalue weighted by atomic mass is 32.2. The molecule has 0 aliphatic carbocycles. The van der Waals surface area contributed by atoms with Crippen molar-refractivity contribution in [3.8, 4) is 0 Å². The number of hydrogen-bond acceptors (Lipinski definition) is 3. The Kier molecular flexibility index (Phi) is 6.46. The third-order valence-corrected chi connectivity index (χ3v) is 6.56. The molecule has 0 saturated heterocycles. The van der Waals surface area contributed by atoms with Gasteiger partial charge in [-0.3, -0.25) is 0 Å². The van der Waals surface area contributed by atoms with Crippen LogP contribution in [0, 0.1) is 5.82 Å². The molecular weight excluding hydrogens is 381 g/mol. The maximum Gasteiger partial charge on any atom is 0.319 e. The Labute approximate surface area is 165 Å². The fourth-order valence-corrected chi connectivity index (χ4v) is 3.91. The predicted molar refractivity (Wildman–Crippen MR) is 108 cm³/mol. The first-order valence-corrected chi connectivity index (χ1v) is 10.3. The van der Waals surface area contributed by atoms with E-state index in [9.17, 15) is 17.6 Å². The van der Waals surface area contributed by atoms with E-state index in [-0.39, 0.29) is 16.8 Å². The summed E-state index contributed by atoms with van der Waals surface area (Å²) in [6.07, 6.45) is 0. The molecule has 0 bridgehead atoms. The van der Waals surface area contributed by atoms with Gasteiger partial charge >= 0.3 is 6.03 Å². The summed E-state index contributed by atoms with van der Waals surface area (Å²) in [7, 11) is -2.05. The predicted octanol–water partition coefficient (Wildman–Crippen LogP) is 3.91. The van der Waals surface area contributed by atoms with Gasteiger partial charge in [0, 0.05) is 18.8 Å². The average Bonchev–Trinajstić information content (AvgIpc) is 2.61. The highest BCUT2D eigenvalue weighted by Crippen LogP contribution is 2.22. The molecule has 2 N–H and O–H groups in total. The Morgan fingerprint density at radius 1 is 1.04 bits per heavy atom. The number of sulfonamides is 1. The summed E-state index contributed by atoms with van der Waals surface area (Å²) >= 11 is 0. The molecule has 0 unspecified atom stereocenters. The van der Waals surface area contributed by atoms with E-state index >= 15 is 0 Å². The second-order valence-corrected chi connectivity index (χ2v) is 9.35. The lowest BCUT2D eigenvalue weighted by atomic mass is 9.94. The van der Waals surface area contributed by atoms with Crippen molar-refractivity contribution in [3.63, 3.8) is 0 Å². The molecule has 6 nitrogen and oxygen atoms in total. The van der Waals surface area contributed by atoms with Crippen molar-refractivity contribution in [2.24, 2.45) is 0 Å². The normalized spacial score (nSPS) is 12.3. The van der Waals surface area contributed by atoms with Crippen molar-refractivity contribution in [2.45, 2.75) is 44.2 Å². The molecule has 28 heavy (non-hydrogen) atoms. The van der Waals surface area contributed by atoms with Crippen LogP contribution in [0.25, 0.3) is 0 Å². The number of rotatable bonds is 6. The molecule has 0 heterocycles. The summed E-state index contributed by atoms with van der Waals surface area (Å²) in [5.74, 6) is -0.345. The summed E-state index contributed by atoms with van der Waals surface area (Å²) < 4.78 is 39.3. The monoisotopic (exact) mass is 407 g/mol. The Morgan fingerprint density at radius 2 is 1.57 bits per heavy atom. The summed E-state index contributed by atoms with van der Waals surface area (Å²) in [4.78, 5) is 12.5. The minimum Gasteiger partial charge on any atom is -0.329 e. The van der Waals surface area contributed by atoms with Crippen LogP contribution in [0.2, 0.25) is 0 Å². The van der Waals surface area contributed by atoms with E-state index in [0.29, 0.717) is 5.69 Å².